The highest BCUT2D eigenvalue weighted by atomic mass is 19.1. The number of rotatable bonds is 3. The Labute approximate surface area is 125 Å². The number of halogens is 1. The third kappa shape index (κ3) is 2.58. The van der Waals surface area contributed by atoms with Gasteiger partial charge in [-0.1, -0.05) is 0 Å². The van der Waals surface area contributed by atoms with Gasteiger partial charge in [0.25, 0.3) is 5.69 Å². The van der Waals surface area contributed by atoms with Crippen molar-refractivity contribution in [2.45, 2.75) is 0 Å². The smallest absolute Gasteiger partial charge is 0.270 e. The van der Waals surface area contributed by atoms with Crippen LogP contribution in [-0.2, 0) is 0 Å². The summed E-state index contributed by atoms with van der Waals surface area (Å²) in [4.78, 5) is 16.6. The van der Waals surface area contributed by atoms with Crippen molar-refractivity contribution in [1.29, 1.82) is 0 Å². The van der Waals surface area contributed by atoms with Crippen LogP contribution in [0.4, 0.5) is 21.6 Å². The number of nitro benzene ring substituents is 1. The van der Waals surface area contributed by atoms with E-state index >= 15 is 0 Å². The van der Waals surface area contributed by atoms with Gasteiger partial charge in [-0.25, -0.2) is 9.37 Å². The van der Waals surface area contributed by atoms with Gasteiger partial charge in [-0.3, -0.25) is 10.1 Å². The summed E-state index contributed by atoms with van der Waals surface area (Å²) in [5.41, 5.74) is 1.50. The average Bonchev–Trinajstić information content (AvgIpc) is 2.54. The van der Waals surface area contributed by atoms with Gasteiger partial charge in [-0.05, 0) is 42.5 Å². The number of pyridine rings is 1. The van der Waals surface area contributed by atoms with E-state index < -0.39 is 4.92 Å². The Balaban J connectivity index is 1.99. The highest BCUT2D eigenvalue weighted by molar-refractivity contribution is 5.83. The van der Waals surface area contributed by atoms with Crippen LogP contribution in [0.2, 0.25) is 0 Å². The lowest BCUT2D eigenvalue weighted by atomic mass is 10.2. The Morgan fingerprint density at radius 2 is 1.82 bits per heavy atom. The largest absolute Gasteiger partial charge is 0.329 e. The SMILES string of the molecule is CN(c1ccc(F)cc1)c1ccc2cc([N+](=O)[O-])ccc2n1. The Hall–Kier alpha value is -3.02. The fourth-order valence-electron chi connectivity index (χ4n) is 2.20. The number of fused-ring (bicyclic) bond motifs is 1. The highest BCUT2D eigenvalue weighted by Crippen LogP contribution is 2.26. The maximum atomic E-state index is 13.0. The molecule has 0 radical (unpaired) electrons. The maximum Gasteiger partial charge on any atom is 0.270 e. The van der Waals surface area contributed by atoms with E-state index in [-0.39, 0.29) is 11.5 Å². The van der Waals surface area contributed by atoms with Gasteiger partial charge < -0.3 is 4.90 Å². The van der Waals surface area contributed by atoms with Gasteiger partial charge in [0.05, 0.1) is 10.4 Å². The van der Waals surface area contributed by atoms with Gasteiger partial charge in [0.1, 0.15) is 11.6 Å². The number of benzene rings is 2. The van der Waals surface area contributed by atoms with E-state index in [9.17, 15) is 14.5 Å². The highest BCUT2D eigenvalue weighted by Gasteiger charge is 2.10. The van der Waals surface area contributed by atoms with E-state index in [1.54, 1.807) is 30.3 Å². The molecule has 22 heavy (non-hydrogen) atoms. The molecule has 0 fully saturated rings. The van der Waals surface area contributed by atoms with Gasteiger partial charge in [-0.2, -0.15) is 0 Å². The molecular formula is C16H12FN3O2. The van der Waals surface area contributed by atoms with Gasteiger partial charge >= 0.3 is 0 Å². The van der Waals surface area contributed by atoms with Gasteiger partial charge in [0.15, 0.2) is 0 Å². The third-order valence-corrected chi connectivity index (χ3v) is 3.43. The molecule has 0 saturated heterocycles. The molecule has 0 aliphatic heterocycles. The first kappa shape index (κ1) is 13.9. The molecule has 0 bridgehead atoms. The lowest BCUT2D eigenvalue weighted by molar-refractivity contribution is -0.384. The summed E-state index contributed by atoms with van der Waals surface area (Å²) in [6.07, 6.45) is 0. The first-order valence-electron chi connectivity index (χ1n) is 6.59. The van der Waals surface area contributed by atoms with Gasteiger partial charge in [-0.15, -0.1) is 0 Å². The summed E-state index contributed by atoms with van der Waals surface area (Å²) in [6.45, 7) is 0. The van der Waals surface area contributed by atoms with Crippen LogP contribution in [0.15, 0.2) is 54.6 Å². The van der Waals surface area contributed by atoms with Crippen LogP contribution in [0, 0.1) is 15.9 Å². The zero-order valence-electron chi connectivity index (χ0n) is 11.7. The molecule has 3 aromatic rings. The number of hydrogen-bond acceptors (Lipinski definition) is 4. The second-order valence-electron chi connectivity index (χ2n) is 4.84. The van der Waals surface area contributed by atoms with E-state index in [0.717, 1.165) is 5.69 Å². The van der Waals surface area contributed by atoms with Crippen molar-refractivity contribution in [3.63, 3.8) is 0 Å². The van der Waals surface area contributed by atoms with Crippen LogP contribution in [0.25, 0.3) is 10.9 Å². The van der Waals surface area contributed by atoms with Crippen molar-refractivity contribution in [2.75, 3.05) is 11.9 Å². The van der Waals surface area contributed by atoms with Gasteiger partial charge in [0.2, 0.25) is 0 Å². The van der Waals surface area contributed by atoms with Crippen molar-refractivity contribution in [3.05, 3.63) is 70.5 Å². The van der Waals surface area contributed by atoms with E-state index in [1.807, 2.05) is 11.9 Å². The standard InChI is InChI=1S/C16H12FN3O2/c1-19(13-5-3-12(17)4-6-13)16-9-2-11-10-14(20(21)22)7-8-15(11)18-16/h2-10H,1H3. The topological polar surface area (TPSA) is 59.3 Å². The van der Waals surface area contributed by atoms with Crippen LogP contribution in [0.5, 0.6) is 0 Å². The number of nitro groups is 1. The second-order valence-corrected chi connectivity index (χ2v) is 4.84. The van der Waals surface area contributed by atoms with Crippen molar-refractivity contribution in [2.24, 2.45) is 0 Å². The van der Waals surface area contributed by atoms with E-state index in [0.29, 0.717) is 16.7 Å². The van der Waals surface area contributed by atoms with Gasteiger partial charge in [0, 0.05) is 30.3 Å². The summed E-state index contributed by atoms with van der Waals surface area (Å²) in [7, 11) is 1.83. The average molecular weight is 297 g/mol. The second kappa shape index (κ2) is 5.40. The summed E-state index contributed by atoms with van der Waals surface area (Å²) in [5, 5.41) is 11.5. The van der Waals surface area contributed by atoms with Crippen LogP contribution >= 0.6 is 0 Å². The van der Waals surface area contributed by atoms with E-state index in [4.69, 9.17) is 0 Å². The number of anilines is 2. The van der Waals surface area contributed by atoms with Crippen LogP contribution < -0.4 is 4.90 Å². The van der Waals surface area contributed by atoms with Crippen LogP contribution in [0.3, 0.4) is 0 Å². The molecule has 0 aliphatic rings. The zero-order chi connectivity index (χ0) is 15.7. The maximum absolute atomic E-state index is 13.0. The molecule has 0 amide bonds. The Morgan fingerprint density at radius 1 is 1.09 bits per heavy atom. The minimum atomic E-state index is -0.433. The minimum absolute atomic E-state index is 0.0361. The molecule has 110 valence electrons. The molecule has 0 aliphatic carbocycles. The lowest BCUT2D eigenvalue weighted by Gasteiger charge is -2.18. The van der Waals surface area contributed by atoms with E-state index in [1.165, 1.54) is 24.3 Å². The molecule has 0 unspecified atom stereocenters. The molecule has 0 spiro atoms. The predicted octanol–water partition coefficient (Wildman–Crippen LogP) is 4.05. The molecule has 3 rings (SSSR count). The molecule has 0 saturated carbocycles. The van der Waals surface area contributed by atoms with Crippen LogP contribution in [-0.4, -0.2) is 17.0 Å². The molecule has 6 heteroatoms. The number of non-ortho nitro benzene ring substituents is 1. The van der Waals surface area contributed by atoms with Crippen molar-refractivity contribution < 1.29 is 9.31 Å². The minimum Gasteiger partial charge on any atom is -0.329 e. The fraction of sp³-hybridized carbons (Fsp3) is 0.0625. The molecular weight excluding hydrogens is 285 g/mol. The van der Waals surface area contributed by atoms with Crippen molar-refractivity contribution >= 4 is 28.1 Å². The van der Waals surface area contributed by atoms with E-state index in [2.05, 4.69) is 4.98 Å². The third-order valence-electron chi connectivity index (χ3n) is 3.43. The first-order valence-corrected chi connectivity index (χ1v) is 6.59. The molecule has 0 N–H and O–H groups in total. The Morgan fingerprint density at radius 3 is 2.50 bits per heavy atom. The Kier molecular flexibility index (Phi) is 3.42. The quantitative estimate of drug-likeness (QED) is 0.540. The molecule has 1 aromatic heterocycles. The number of aromatic nitrogens is 1. The molecule has 1 heterocycles. The molecule has 0 atom stereocenters. The predicted molar refractivity (Wildman–Crippen MR) is 82.9 cm³/mol. The summed E-state index contributed by atoms with van der Waals surface area (Å²) >= 11 is 0. The Bertz CT molecular complexity index is 850. The first-order chi connectivity index (χ1) is 10.5. The van der Waals surface area contributed by atoms with Crippen molar-refractivity contribution in [3.8, 4) is 0 Å². The zero-order valence-corrected chi connectivity index (χ0v) is 11.7. The molecule has 5 nitrogen and oxygen atoms in total. The van der Waals surface area contributed by atoms with Crippen LogP contribution in [0.1, 0.15) is 0 Å². The summed E-state index contributed by atoms with van der Waals surface area (Å²) < 4.78 is 13.0. The normalized spacial score (nSPS) is 10.6. The van der Waals surface area contributed by atoms with Crippen molar-refractivity contribution in [1.82, 2.24) is 4.98 Å². The summed E-state index contributed by atoms with van der Waals surface area (Å²) in [6, 6.07) is 14.2. The molecule has 2 aromatic carbocycles. The lowest BCUT2D eigenvalue weighted by Crippen LogP contribution is -2.11. The number of nitrogens with zero attached hydrogens (tertiary/aromatic N) is 3. The monoisotopic (exact) mass is 297 g/mol. The summed E-state index contributed by atoms with van der Waals surface area (Å²) in [5.74, 6) is 0.379. The fourth-order valence-corrected chi connectivity index (χ4v) is 2.20. The number of hydrogen-bond donors (Lipinski definition) is 0.